The molecule has 172 valence electrons. The number of hydrogen-bond donors (Lipinski definition) is 6. The first-order chi connectivity index (χ1) is 15.2. The number of imidazole rings is 1. The van der Waals surface area contributed by atoms with Crippen molar-refractivity contribution in [3.05, 3.63) is 11.6 Å². The fraction of sp³-hybridized carbons (Fsp3) is 0.467. The molecular weight excluding hydrogens is 457 g/mol. The van der Waals surface area contributed by atoms with Crippen molar-refractivity contribution in [2.75, 3.05) is 12.3 Å². The molecule has 2 aliphatic heterocycles. The van der Waals surface area contributed by atoms with Gasteiger partial charge in [-0.2, -0.15) is 9.97 Å². The molecule has 1 saturated heterocycles. The summed E-state index contributed by atoms with van der Waals surface area (Å²) >= 11 is 5.82. The average Bonchev–Trinajstić information content (AvgIpc) is 3.44. The lowest BCUT2D eigenvalue weighted by molar-refractivity contribution is -0.187. The number of carboxylic acids is 2. The lowest BCUT2D eigenvalue weighted by atomic mass is 9.99. The van der Waals surface area contributed by atoms with E-state index in [2.05, 4.69) is 36.5 Å². The van der Waals surface area contributed by atoms with E-state index < -0.39 is 49.1 Å². The quantitative estimate of drug-likeness (QED) is 0.199. The molecular formula is C15H17ClFN9O6. The van der Waals surface area contributed by atoms with Crippen LogP contribution in [-0.4, -0.2) is 72.0 Å². The molecule has 0 aromatic carbocycles. The number of aromatic nitrogens is 4. The van der Waals surface area contributed by atoms with Crippen LogP contribution in [0.25, 0.3) is 11.2 Å². The molecule has 15 nitrogen and oxygen atoms in total. The van der Waals surface area contributed by atoms with E-state index in [-0.39, 0.29) is 34.5 Å². The summed E-state index contributed by atoms with van der Waals surface area (Å²) in [6, 6.07) is 0. The topological polar surface area (TPSA) is 211 Å². The van der Waals surface area contributed by atoms with Crippen molar-refractivity contribution in [2.45, 2.75) is 36.9 Å². The number of aliphatic carboxylic acids is 2. The number of nitrogens with one attached hydrogen (secondary N) is 3. The van der Waals surface area contributed by atoms with Gasteiger partial charge in [0.25, 0.3) is 5.60 Å². The molecule has 2 aromatic rings. The highest BCUT2D eigenvalue weighted by atomic mass is 35.5. The molecule has 0 unspecified atom stereocenters. The predicted octanol–water partition coefficient (Wildman–Crippen LogP) is -1.07. The van der Waals surface area contributed by atoms with Crippen LogP contribution in [0.4, 0.5) is 10.2 Å². The second kappa shape index (κ2) is 8.30. The van der Waals surface area contributed by atoms with Gasteiger partial charge in [-0.3, -0.25) is 9.99 Å². The number of hydrogen-bond acceptors (Lipinski definition) is 12. The lowest BCUT2D eigenvalue weighted by Gasteiger charge is -2.26. The summed E-state index contributed by atoms with van der Waals surface area (Å²) in [6.07, 6.45) is -3.29. The molecule has 0 bridgehead atoms. The number of amidine groups is 1. The summed E-state index contributed by atoms with van der Waals surface area (Å²) in [4.78, 5) is 35.4. The summed E-state index contributed by atoms with van der Waals surface area (Å²) in [6.45, 7) is -0.520. The number of hydrazine groups is 2. The van der Waals surface area contributed by atoms with Crippen molar-refractivity contribution in [1.82, 2.24) is 36.0 Å². The van der Waals surface area contributed by atoms with Gasteiger partial charge in [0.15, 0.2) is 17.7 Å². The second-order valence-electron chi connectivity index (χ2n) is 6.95. The van der Waals surface area contributed by atoms with Crippen molar-refractivity contribution in [3.8, 4) is 0 Å². The Bertz CT molecular complexity index is 1080. The van der Waals surface area contributed by atoms with E-state index in [4.69, 9.17) is 26.8 Å². The Balaban J connectivity index is 1.51. The SMILES string of the molecule is Nc1nc(Cl)nc2c1ncn2[C@@H]1O[C@H](COC(CC2=NNNN2)(C(=O)O)C(=O)O)C[C@@H]1F. The van der Waals surface area contributed by atoms with E-state index in [0.717, 1.165) is 0 Å². The number of nitrogens with two attached hydrogens (primary N) is 1. The zero-order chi connectivity index (χ0) is 23.0. The van der Waals surface area contributed by atoms with E-state index in [1.54, 1.807) is 0 Å². The number of alkyl halides is 1. The van der Waals surface area contributed by atoms with Gasteiger partial charge in [0.2, 0.25) is 5.28 Å². The molecule has 4 rings (SSSR count). The number of halogens is 2. The predicted molar refractivity (Wildman–Crippen MR) is 104 cm³/mol. The van der Waals surface area contributed by atoms with Gasteiger partial charge in [-0.25, -0.2) is 24.5 Å². The number of anilines is 1. The normalized spacial score (nSPS) is 23.1. The number of fused-ring (bicyclic) bond motifs is 1. The van der Waals surface area contributed by atoms with E-state index in [1.807, 2.05) is 0 Å². The Hall–Kier alpha value is -3.34. The lowest BCUT2D eigenvalue weighted by Crippen LogP contribution is -2.53. The van der Waals surface area contributed by atoms with Gasteiger partial charge >= 0.3 is 11.9 Å². The standard InChI is InChI=1S/C15H17ClFN9O6/c16-14-20-9(18)8-10(21-14)26(4-19-8)11-6(17)1-5(32-11)3-31-15(12(27)28,13(29)30)2-7-22-24-25-23-7/h4-6,11,24-25H,1-3H2,(H,22,23)(H,27,28)(H,29,30)(H2,18,20,21)/t5-,6-,11+/m0/s1. The van der Waals surface area contributed by atoms with Crippen molar-refractivity contribution in [3.63, 3.8) is 0 Å². The third-order valence-corrected chi connectivity index (χ3v) is 5.07. The highest BCUT2D eigenvalue weighted by Gasteiger charge is 2.51. The Kier molecular flexibility index (Phi) is 5.68. The van der Waals surface area contributed by atoms with Crippen LogP contribution in [0.15, 0.2) is 11.4 Å². The number of rotatable bonds is 8. The minimum absolute atomic E-state index is 0.00662. The summed E-state index contributed by atoms with van der Waals surface area (Å²) in [5, 5.41) is 22.6. The summed E-state index contributed by atoms with van der Waals surface area (Å²) in [5.74, 6) is -3.51. The number of nitrogens with zero attached hydrogens (tertiary/aromatic N) is 5. The van der Waals surface area contributed by atoms with Gasteiger partial charge in [0.1, 0.15) is 17.5 Å². The molecule has 0 amide bonds. The van der Waals surface area contributed by atoms with Crippen LogP contribution in [0.3, 0.4) is 0 Å². The third kappa shape index (κ3) is 3.83. The number of nitrogen functional groups attached to an aromatic ring is 1. The van der Waals surface area contributed by atoms with Gasteiger partial charge in [0, 0.05) is 6.42 Å². The second-order valence-corrected chi connectivity index (χ2v) is 7.29. The highest BCUT2D eigenvalue weighted by molar-refractivity contribution is 6.28. The molecule has 0 radical (unpaired) electrons. The van der Waals surface area contributed by atoms with E-state index in [9.17, 15) is 24.2 Å². The minimum Gasteiger partial charge on any atom is -0.479 e. The average molecular weight is 474 g/mol. The zero-order valence-electron chi connectivity index (χ0n) is 16.0. The third-order valence-electron chi connectivity index (χ3n) is 4.90. The van der Waals surface area contributed by atoms with Crippen molar-refractivity contribution >= 4 is 46.4 Å². The maximum atomic E-state index is 14.8. The van der Waals surface area contributed by atoms with Gasteiger partial charge < -0.3 is 25.4 Å². The van der Waals surface area contributed by atoms with Crippen LogP contribution < -0.4 is 22.2 Å². The Morgan fingerprint density at radius 2 is 2.16 bits per heavy atom. The Morgan fingerprint density at radius 1 is 1.41 bits per heavy atom. The van der Waals surface area contributed by atoms with Crippen molar-refractivity contribution < 1.29 is 33.7 Å². The molecule has 0 aliphatic carbocycles. The molecule has 0 spiro atoms. The van der Waals surface area contributed by atoms with E-state index in [1.165, 1.54) is 10.9 Å². The molecule has 2 aromatic heterocycles. The van der Waals surface area contributed by atoms with Crippen LogP contribution in [0.2, 0.25) is 5.28 Å². The van der Waals surface area contributed by atoms with Gasteiger partial charge in [-0.05, 0) is 11.6 Å². The van der Waals surface area contributed by atoms with Crippen LogP contribution in [0.1, 0.15) is 19.1 Å². The first-order valence-corrected chi connectivity index (χ1v) is 9.47. The van der Waals surface area contributed by atoms with Crippen LogP contribution in [-0.2, 0) is 19.1 Å². The number of hydrazone groups is 1. The Labute approximate surface area is 182 Å². The minimum atomic E-state index is -2.68. The molecule has 7 N–H and O–H groups in total. The highest BCUT2D eigenvalue weighted by Crippen LogP contribution is 2.35. The maximum Gasteiger partial charge on any atom is 0.348 e. The molecule has 2 aliphatic rings. The first kappa shape index (κ1) is 21.9. The van der Waals surface area contributed by atoms with E-state index >= 15 is 0 Å². The maximum absolute atomic E-state index is 14.8. The number of ether oxygens (including phenoxy) is 2. The molecule has 3 atom stereocenters. The number of carboxylic acid groups (broad SMARTS) is 2. The van der Waals surface area contributed by atoms with Gasteiger partial charge in [-0.15, -0.1) is 10.6 Å². The fourth-order valence-corrected chi connectivity index (χ4v) is 3.52. The van der Waals surface area contributed by atoms with Crippen LogP contribution >= 0.6 is 11.6 Å². The molecule has 1 fully saturated rings. The molecule has 0 saturated carbocycles. The summed E-state index contributed by atoms with van der Waals surface area (Å²) < 4.78 is 27.0. The van der Waals surface area contributed by atoms with Crippen LogP contribution in [0, 0.1) is 0 Å². The largest absolute Gasteiger partial charge is 0.479 e. The monoisotopic (exact) mass is 473 g/mol. The molecule has 17 heteroatoms. The van der Waals surface area contributed by atoms with Crippen molar-refractivity contribution in [2.24, 2.45) is 5.10 Å². The van der Waals surface area contributed by atoms with E-state index in [0.29, 0.717) is 0 Å². The zero-order valence-corrected chi connectivity index (χ0v) is 16.8. The fourth-order valence-electron chi connectivity index (χ4n) is 3.35. The summed E-state index contributed by atoms with van der Waals surface area (Å²) in [7, 11) is 0. The smallest absolute Gasteiger partial charge is 0.348 e. The van der Waals surface area contributed by atoms with Gasteiger partial charge in [0.05, 0.1) is 25.5 Å². The number of carbonyl (C=O) groups is 2. The van der Waals surface area contributed by atoms with Gasteiger partial charge in [-0.1, -0.05) is 0 Å². The summed E-state index contributed by atoms with van der Waals surface area (Å²) in [5.41, 5.74) is 10.5. The van der Waals surface area contributed by atoms with Crippen LogP contribution in [0.5, 0.6) is 0 Å². The molecule has 4 heterocycles. The Morgan fingerprint density at radius 3 is 2.81 bits per heavy atom. The van der Waals surface area contributed by atoms with Crippen molar-refractivity contribution in [1.29, 1.82) is 0 Å². The molecule has 32 heavy (non-hydrogen) atoms. The first-order valence-electron chi connectivity index (χ1n) is 9.09.